The Morgan fingerprint density at radius 3 is 2.45 bits per heavy atom. The zero-order valence-electron chi connectivity index (χ0n) is 11.3. The van der Waals surface area contributed by atoms with Gasteiger partial charge in [0.2, 0.25) is 0 Å². The molecular weight excluding hydrogens is 338 g/mol. The molecule has 1 unspecified atom stereocenters. The van der Waals surface area contributed by atoms with Crippen molar-refractivity contribution in [3.05, 3.63) is 69.2 Å². The molecule has 0 aliphatic carbocycles. The summed E-state index contributed by atoms with van der Waals surface area (Å²) in [6.07, 6.45) is 0. The lowest BCUT2D eigenvalue weighted by atomic mass is 10.1. The maximum Gasteiger partial charge on any atom is 0.254 e. The van der Waals surface area contributed by atoms with Crippen molar-refractivity contribution in [2.24, 2.45) is 0 Å². The zero-order chi connectivity index (χ0) is 14.7. The fourth-order valence-corrected chi connectivity index (χ4v) is 2.43. The van der Waals surface area contributed by atoms with Gasteiger partial charge in [0.25, 0.3) is 5.91 Å². The smallest absolute Gasteiger partial charge is 0.254 e. The Kier molecular flexibility index (Phi) is 4.84. The van der Waals surface area contributed by atoms with Crippen molar-refractivity contribution < 1.29 is 4.79 Å². The summed E-state index contributed by atoms with van der Waals surface area (Å²) in [7, 11) is 1.80. The van der Waals surface area contributed by atoms with Crippen molar-refractivity contribution in [2.45, 2.75) is 13.0 Å². The molecule has 1 atom stereocenters. The normalized spacial score (nSPS) is 12.0. The first-order valence-corrected chi connectivity index (χ1v) is 7.44. The van der Waals surface area contributed by atoms with E-state index in [0.717, 1.165) is 10.0 Å². The van der Waals surface area contributed by atoms with Gasteiger partial charge in [-0.2, -0.15) is 0 Å². The molecule has 2 aromatic rings. The van der Waals surface area contributed by atoms with Crippen LogP contribution in [0.2, 0.25) is 5.02 Å². The van der Waals surface area contributed by atoms with Crippen molar-refractivity contribution in [1.29, 1.82) is 0 Å². The molecule has 0 spiro atoms. The molecule has 0 N–H and O–H groups in total. The highest BCUT2D eigenvalue weighted by atomic mass is 79.9. The van der Waals surface area contributed by atoms with E-state index in [0.29, 0.717) is 10.6 Å². The minimum absolute atomic E-state index is 0.00928. The van der Waals surface area contributed by atoms with Crippen molar-refractivity contribution in [3.8, 4) is 0 Å². The fourth-order valence-electron chi connectivity index (χ4n) is 1.96. The van der Waals surface area contributed by atoms with Crippen LogP contribution in [0.4, 0.5) is 0 Å². The molecular formula is C16H15BrClNO. The zero-order valence-corrected chi connectivity index (χ0v) is 13.6. The Balaban J connectivity index is 2.20. The summed E-state index contributed by atoms with van der Waals surface area (Å²) in [5, 5.41) is 0.679. The second-order valence-electron chi connectivity index (χ2n) is 4.65. The van der Waals surface area contributed by atoms with Crippen molar-refractivity contribution in [2.75, 3.05) is 7.05 Å². The molecule has 0 aliphatic heterocycles. The van der Waals surface area contributed by atoms with Crippen LogP contribution in [-0.4, -0.2) is 17.9 Å². The quantitative estimate of drug-likeness (QED) is 0.766. The second kappa shape index (κ2) is 6.42. The fraction of sp³-hybridized carbons (Fsp3) is 0.188. The van der Waals surface area contributed by atoms with E-state index in [1.807, 2.05) is 55.5 Å². The Morgan fingerprint density at radius 2 is 1.85 bits per heavy atom. The molecule has 4 heteroatoms. The third kappa shape index (κ3) is 3.41. The van der Waals surface area contributed by atoms with Gasteiger partial charge in [-0.15, -0.1) is 0 Å². The second-order valence-corrected chi connectivity index (χ2v) is 6.01. The molecule has 0 aromatic heterocycles. The molecule has 2 nitrogen and oxygen atoms in total. The number of hydrogen-bond acceptors (Lipinski definition) is 1. The first kappa shape index (κ1) is 15.1. The summed E-state index contributed by atoms with van der Waals surface area (Å²) in [5.74, 6) is -0.00928. The van der Waals surface area contributed by atoms with Crippen LogP contribution < -0.4 is 0 Å². The number of carbonyl (C=O) groups excluding carboxylic acids is 1. The number of hydrogen-bond donors (Lipinski definition) is 0. The molecule has 2 rings (SSSR count). The summed E-state index contributed by atoms with van der Waals surface area (Å²) in [6.45, 7) is 1.99. The average Bonchev–Trinajstić information content (AvgIpc) is 2.46. The van der Waals surface area contributed by atoms with E-state index in [1.54, 1.807) is 11.9 Å². The molecule has 1 amide bonds. The van der Waals surface area contributed by atoms with E-state index in [-0.39, 0.29) is 11.9 Å². The minimum Gasteiger partial charge on any atom is -0.335 e. The van der Waals surface area contributed by atoms with Crippen LogP contribution >= 0.6 is 27.5 Å². The van der Waals surface area contributed by atoms with E-state index in [1.165, 1.54) is 0 Å². The lowest BCUT2D eigenvalue weighted by Crippen LogP contribution is -2.29. The van der Waals surface area contributed by atoms with Crippen molar-refractivity contribution >= 4 is 33.4 Å². The average molecular weight is 353 g/mol. The van der Waals surface area contributed by atoms with Crippen molar-refractivity contribution in [1.82, 2.24) is 4.90 Å². The summed E-state index contributed by atoms with van der Waals surface area (Å²) in [6, 6.07) is 14.9. The van der Waals surface area contributed by atoms with Gasteiger partial charge in [-0.1, -0.05) is 39.7 Å². The maximum absolute atomic E-state index is 12.4. The van der Waals surface area contributed by atoms with Gasteiger partial charge < -0.3 is 4.90 Å². The highest BCUT2D eigenvalue weighted by Gasteiger charge is 2.18. The van der Waals surface area contributed by atoms with Gasteiger partial charge in [0, 0.05) is 22.1 Å². The molecule has 0 aliphatic rings. The Morgan fingerprint density at radius 1 is 1.20 bits per heavy atom. The summed E-state index contributed by atoms with van der Waals surface area (Å²) in [4.78, 5) is 14.2. The van der Waals surface area contributed by atoms with E-state index in [2.05, 4.69) is 15.9 Å². The molecule has 0 radical (unpaired) electrons. The van der Waals surface area contributed by atoms with Crippen LogP contribution in [0.1, 0.15) is 28.9 Å². The Bertz CT molecular complexity index is 612. The van der Waals surface area contributed by atoms with Crippen LogP contribution in [0.3, 0.4) is 0 Å². The molecule has 104 valence electrons. The van der Waals surface area contributed by atoms with Crippen LogP contribution in [0.5, 0.6) is 0 Å². The largest absolute Gasteiger partial charge is 0.335 e. The minimum atomic E-state index is -0.0372. The molecule has 0 bridgehead atoms. The van der Waals surface area contributed by atoms with Crippen LogP contribution in [0.25, 0.3) is 0 Å². The summed E-state index contributed by atoms with van der Waals surface area (Å²) in [5.41, 5.74) is 1.69. The van der Waals surface area contributed by atoms with Crippen molar-refractivity contribution in [3.63, 3.8) is 0 Å². The third-order valence-electron chi connectivity index (χ3n) is 3.32. The summed E-state index contributed by atoms with van der Waals surface area (Å²) < 4.78 is 0.958. The standard InChI is InChI=1S/C16H15BrClNO/c1-11(13-4-3-5-15(18)10-13)19(2)16(20)12-6-8-14(17)9-7-12/h3-11H,1-2H3. The first-order valence-electron chi connectivity index (χ1n) is 6.27. The lowest BCUT2D eigenvalue weighted by Gasteiger charge is -2.25. The van der Waals surface area contributed by atoms with E-state index in [9.17, 15) is 4.79 Å². The highest BCUT2D eigenvalue weighted by Crippen LogP contribution is 2.23. The number of rotatable bonds is 3. The lowest BCUT2D eigenvalue weighted by molar-refractivity contribution is 0.0742. The molecule has 0 fully saturated rings. The first-order chi connectivity index (χ1) is 9.49. The topological polar surface area (TPSA) is 20.3 Å². The molecule has 0 saturated heterocycles. The van der Waals surface area contributed by atoms with E-state index in [4.69, 9.17) is 11.6 Å². The van der Waals surface area contributed by atoms with Crippen LogP contribution in [0.15, 0.2) is 53.0 Å². The number of nitrogens with zero attached hydrogens (tertiary/aromatic N) is 1. The number of carbonyl (C=O) groups is 1. The molecule has 0 saturated carbocycles. The number of benzene rings is 2. The Hall–Kier alpha value is -1.32. The van der Waals surface area contributed by atoms with Crippen LogP contribution in [-0.2, 0) is 0 Å². The van der Waals surface area contributed by atoms with E-state index < -0.39 is 0 Å². The number of halogens is 2. The van der Waals surface area contributed by atoms with Gasteiger partial charge in [-0.25, -0.2) is 0 Å². The third-order valence-corrected chi connectivity index (χ3v) is 4.09. The monoisotopic (exact) mass is 351 g/mol. The molecule has 2 aromatic carbocycles. The Labute approximate surface area is 132 Å². The van der Waals surface area contributed by atoms with Gasteiger partial charge in [-0.05, 0) is 48.9 Å². The maximum atomic E-state index is 12.4. The molecule has 0 heterocycles. The van der Waals surface area contributed by atoms with Crippen LogP contribution in [0, 0.1) is 0 Å². The SMILES string of the molecule is CC(c1cccc(Cl)c1)N(C)C(=O)c1ccc(Br)cc1. The van der Waals surface area contributed by atoms with Gasteiger partial charge >= 0.3 is 0 Å². The van der Waals surface area contributed by atoms with E-state index >= 15 is 0 Å². The van der Waals surface area contributed by atoms with Gasteiger partial charge in [0.1, 0.15) is 0 Å². The highest BCUT2D eigenvalue weighted by molar-refractivity contribution is 9.10. The predicted octanol–water partition coefficient (Wildman–Crippen LogP) is 4.94. The molecule has 20 heavy (non-hydrogen) atoms. The van der Waals surface area contributed by atoms with Gasteiger partial charge in [0.05, 0.1) is 6.04 Å². The predicted molar refractivity (Wildman–Crippen MR) is 86.1 cm³/mol. The number of amides is 1. The summed E-state index contributed by atoms with van der Waals surface area (Å²) >= 11 is 9.36. The van der Waals surface area contributed by atoms with Gasteiger partial charge in [-0.3, -0.25) is 4.79 Å². The van der Waals surface area contributed by atoms with Gasteiger partial charge in [0.15, 0.2) is 0 Å².